The molecule has 0 amide bonds. The number of benzene rings is 1. The predicted molar refractivity (Wildman–Crippen MR) is 86.6 cm³/mol. The Bertz CT molecular complexity index is 534. The molecule has 0 saturated heterocycles. The van der Waals surface area contributed by atoms with Crippen LogP contribution in [0.1, 0.15) is 15.8 Å². The summed E-state index contributed by atoms with van der Waals surface area (Å²) in [5.74, 6) is 0. The number of rotatable bonds is 2. The van der Waals surface area contributed by atoms with Crippen molar-refractivity contribution in [2.45, 2.75) is 5.38 Å². The Kier molecular flexibility index (Phi) is 5.01. The minimum Gasteiger partial charge on any atom is -0.130 e. The first-order valence-corrected chi connectivity index (χ1v) is 8.54. The fourth-order valence-corrected chi connectivity index (χ4v) is 4.46. The molecule has 0 radical (unpaired) electrons. The monoisotopic (exact) mass is 476 g/mol. The topological polar surface area (TPSA) is 0 Å². The van der Waals surface area contributed by atoms with Gasteiger partial charge in [0.15, 0.2) is 0 Å². The molecule has 2 rings (SSSR count). The predicted octanol–water partition coefficient (Wildman–Crippen LogP) is 7.02. The molecule has 17 heavy (non-hydrogen) atoms. The second-order valence-corrected chi connectivity index (χ2v) is 8.31. The van der Waals surface area contributed by atoms with E-state index in [1.807, 2.05) is 24.3 Å². The van der Waals surface area contributed by atoms with E-state index >= 15 is 0 Å². The summed E-state index contributed by atoms with van der Waals surface area (Å²) in [7, 11) is 0. The molecule has 1 heterocycles. The quantitative estimate of drug-likeness (QED) is 0.406. The summed E-state index contributed by atoms with van der Waals surface area (Å²) in [4.78, 5) is 1.02. The summed E-state index contributed by atoms with van der Waals surface area (Å²) in [6, 6.07) is 7.83. The van der Waals surface area contributed by atoms with E-state index in [2.05, 4.69) is 47.8 Å². The third kappa shape index (κ3) is 3.28. The van der Waals surface area contributed by atoms with Gasteiger partial charge in [-0.05, 0) is 45.8 Å². The molecule has 0 aliphatic carbocycles. The number of hydrogen-bond acceptors (Lipinski definition) is 1. The average molecular weight is 480 g/mol. The van der Waals surface area contributed by atoms with Gasteiger partial charge in [0, 0.05) is 13.8 Å². The summed E-state index contributed by atoms with van der Waals surface area (Å²) >= 11 is 24.4. The van der Waals surface area contributed by atoms with E-state index in [4.69, 9.17) is 23.2 Å². The van der Waals surface area contributed by atoms with E-state index in [9.17, 15) is 0 Å². The SMILES string of the molecule is Clc1cc(C(Cl)c2cc(Br)ccc2Br)sc1Br. The minimum absolute atomic E-state index is 0.212. The van der Waals surface area contributed by atoms with Gasteiger partial charge in [-0.3, -0.25) is 0 Å². The zero-order valence-corrected chi connectivity index (χ0v) is 15.3. The van der Waals surface area contributed by atoms with Crippen molar-refractivity contribution >= 4 is 82.3 Å². The van der Waals surface area contributed by atoms with Crippen LogP contribution in [-0.2, 0) is 0 Å². The van der Waals surface area contributed by atoms with E-state index in [-0.39, 0.29) is 5.38 Å². The summed E-state index contributed by atoms with van der Waals surface area (Å²) in [6.07, 6.45) is 0. The van der Waals surface area contributed by atoms with Crippen LogP contribution in [0.15, 0.2) is 37.0 Å². The molecule has 0 spiro atoms. The first-order valence-electron chi connectivity index (χ1n) is 4.53. The highest BCUT2D eigenvalue weighted by Gasteiger charge is 2.18. The molecule has 90 valence electrons. The van der Waals surface area contributed by atoms with Crippen LogP contribution in [0, 0.1) is 0 Å². The van der Waals surface area contributed by atoms with E-state index < -0.39 is 0 Å². The van der Waals surface area contributed by atoms with E-state index in [0.29, 0.717) is 5.02 Å². The van der Waals surface area contributed by atoms with Gasteiger partial charge in [-0.25, -0.2) is 0 Å². The molecule has 0 saturated carbocycles. The fourth-order valence-electron chi connectivity index (χ4n) is 1.35. The Morgan fingerprint density at radius 1 is 1.12 bits per heavy atom. The van der Waals surface area contributed by atoms with Crippen molar-refractivity contribution < 1.29 is 0 Å². The molecule has 1 atom stereocenters. The van der Waals surface area contributed by atoms with Crippen LogP contribution >= 0.6 is 82.3 Å². The van der Waals surface area contributed by atoms with Crippen molar-refractivity contribution in [3.8, 4) is 0 Å². The molecule has 6 heteroatoms. The van der Waals surface area contributed by atoms with Gasteiger partial charge in [0.1, 0.15) is 0 Å². The summed E-state index contributed by atoms with van der Waals surface area (Å²) < 4.78 is 2.90. The van der Waals surface area contributed by atoms with Crippen LogP contribution in [0.5, 0.6) is 0 Å². The van der Waals surface area contributed by atoms with Crippen LogP contribution in [0.25, 0.3) is 0 Å². The summed E-state index contributed by atoms with van der Waals surface area (Å²) in [5, 5.41) is 0.484. The summed E-state index contributed by atoms with van der Waals surface area (Å²) in [5.41, 5.74) is 1.02. The van der Waals surface area contributed by atoms with Crippen molar-refractivity contribution in [3.05, 3.63) is 52.5 Å². The molecule has 0 bridgehead atoms. The van der Waals surface area contributed by atoms with Gasteiger partial charge < -0.3 is 0 Å². The molecule has 0 N–H and O–H groups in total. The van der Waals surface area contributed by atoms with E-state index in [1.165, 1.54) is 0 Å². The molecular weight excluding hydrogens is 475 g/mol. The zero-order valence-electron chi connectivity index (χ0n) is 8.18. The average Bonchev–Trinajstić information content (AvgIpc) is 2.62. The number of thiophene rings is 1. The maximum absolute atomic E-state index is 6.47. The molecular formula is C11H5Br3Cl2S. The third-order valence-corrected chi connectivity index (χ3v) is 6.50. The molecule has 0 aliphatic heterocycles. The minimum atomic E-state index is -0.212. The van der Waals surface area contributed by atoms with Gasteiger partial charge in [0.25, 0.3) is 0 Å². The Morgan fingerprint density at radius 3 is 2.41 bits per heavy atom. The lowest BCUT2D eigenvalue weighted by molar-refractivity contribution is 1.16. The molecule has 2 aromatic rings. The first-order chi connectivity index (χ1) is 7.99. The Balaban J connectivity index is 2.42. The number of hydrogen-bond donors (Lipinski definition) is 0. The lowest BCUT2D eigenvalue weighted by Gasteiger charge is -2.10. The highest BCUT2D eigenvalue weighted by molar-refractivity contribution is 9.11. The molecule has 0 nitrogen and oxygen atoms in total. The van der Waals surface area contributed by atoms with Gasteiger partial charge in [0.2, 0.25) is 0 Å². The lowest BCUT2D eigenvalue weighted by Crippen LogP contribution is -1.91. The Hall–Kier alpha value is 0.940. The second kappa shape index (κ2) is 5.93. The number of alkyl halides is 1. The lowest BCUT2D eigenvalue weighted by atomic mass is 10.1. The first kappa shape index (κ1) is 14.4. The van der Waals surface area contributed by atoms with E-state index in [0.717, 1.165) is 23.2 Å². The molecule has 1 unspecified atom stereocenters. The van der Waals surface area contributed by atoms with Crippen molar-refractivity contribution in [1.82, 2.24) is 0 Å². The molecule has 1 aromatic heterocycles. The summed E-state index contributed by atoms with van der Waals surface area (Å²) in [6.45, 7) is 0. The van der Waals surface area contributed by atoms with Crippen LogP contribution < -0.4 is 0 Å². The highest BCUT2D eigenvalue weighted by Crippen LogP contribution is 2.42. The van der Waals surface area contributed by atoms with Gasteiger partial charge in [0.05, 0.1) is 14.2 Å². The van der Waals surface area contributed by atoms with Crippen molar-refractivity contribution in [3.63, 3.8) is 0 Å². The zero-order chi connectivity index (χ0) is 12.6. The second-order valence-electron chi connectivity index (χ2n) is 3.30. The van der Waals surface area contributed by atoms with Crippen molar-refractivity contribution in [2.75, 3.05) is 0 Å². The Labute approximate surface area is 139 Å². The fraction of sp³-hybridized carbons (Fsp3) is 0.0909. The Morgan fingerprint density at radius 2 is 1.82 bits per heavy atom. The molecule has 0 fully saturated rings. The van der Waals surface area contributed by atoms with Gasteiger partial charge in [-0.15, -0.1) is 22.9 Å². The van der Waals surface area contributed by atoms with Crippen LogP contribution in [0.3, 0.4) is 0 Å². The molecule has 1 aromatic carbocycles. The standard InChI is InChI=1S/C11H5Br3Cl2S/c12-5-1-2-7(13)6(3-5)10(16)9-4-8(15)11(14)17-9/h1-4,10H. The largest absolute Gasteiger partial charge is 0.130 e. The van der Waals surface area contributed by atoms with Crippen molar-refractivity contribution in [1.29, 1.82) is 0 Å². The third-order valence-electron chi connectivity index (χ3n) is 2.15. The van der Waals surface area contributed by atoms with Crippen LogP contribution in [0.4, 0.5) is 0 Å². The van der Waals surface area contributed by atoms with Gasteiger partial charge in [-0.2, -0.15) is 0 Å². The highest BCUT2D eigenvalue weighted by atomic mass is 79.9. The smallest absolute Gasteiger partial charge is 0.0939 e. The normalized spacial score (nSPS) is 12.8. The maximum atomic E-state index is 6.47. The van der Waals surface area contributed by atoms with Crippen LogP contribution in [-0.4, -0.2) is 0 Å². The maximum Gasteiger partial charge on any atom is 0.0939 e. The van der Waals surface area contributed by atoms with E-state index in [1.54, 1.807) is 11.3 Å². The number of halogens is 5. The van der Waals surface area contributed by atoms with Gasteiger partial charge in [-0.1, -0.05) is 43.5 Å². The van der Waals surface area contributed by atoms with Crippen LogP contribution in [0.2, 0.25) is 5.02 Å². The van der Waals surface area contributed by atoms with Crippen molar-refractivity contribution in [2.24, 2.45) is 0 Å². The molecule has 0 aliphatic rings. The van der Waals surface area contributed by atoms with Gasteiger partial charge >= 0.3 is 0 Å².